The van der Waals surface area contributed by atoms with Gasteiger partial charge in [0, 0.05) is 21.8 Å². The Kier molecular flexibility index (Phi) is 2.75. The maximum atomic E-state index is 12.2. The van der Waals surface area contributed by atoms with Crippen LogP contribution in [0.5, 0.6) is 0 Å². The number of fused-ring (bicyclic) bond motifs is 1. The number of nitrogens with zero attached hydrogens (tertiary/aromatic N) is 5. The molecule has 0 aliphatic heterocycles. The van der Waals surface area contributed by atoms with E-state index in [2.05, 4.69) is 31.3 Å². The van der Waals surface area contributed by atoms with Crippen molar-refractivity contribution in [2.24, 2.45) is 7.05 Å². The Labute approximate surface area is 114 Å². The molecule has 0 amide bonds. The Morgan fingerprint density at radius 3 is 3.06 bits per heavy atom. The monoisotopic (exact) mass is 325 g/mol. The fourth-order valence-electron chi connectivity index (χ4n) is 1.66. The van der Waals surface area contributed by atoms with Gasteiger partial charge in [0.25, 0.3) is 5.56 Å². The fraction of sp³-hybridized carbons (Fsp3) is 0.200. The van der Waals surface area contributed by atoms with Crippen LogP contribution in [0.25, 0.3) is 11.0 Å². The van der Waals surface area contributed by atoms with Crippen LogP contribution in [0.15, 0.2) is 26.9 Å². The highest BCUT2D eigenvalue weighted by Crippen LogP contribution is 2.20. The van der Waals surface area contributed by atoms with Crippen molar-refractivity contribution in [3.8, 4) is 0 Å². The Morgan fingerprint density at radius 2 is 2.33 bits per heavy atom. The Hall–Kier alpha value is -1.54. The Morgan fingerprint density at radius 1 is 1.50 bits per heavy atom. The molecule has 0 spiro atoms. The molecule has 3 heterocycles. The molecule has 3 rings (SSSR count). The molecule has 3 aromatic rings. The second-order valence-corrected chi connectivity index (χ2v) is 5.70. The highest BCUT2D eigenvalue weighted by Gasteiger charge is 2.10. The van der Waals surface area contributed by atoms with Gasteiger partial charge in [-0.25, -0.2) is 9.36 Å². The zero-order chi connectivity index (χ0) is 12.7. The molecule has 3 aromatic heterocycles. The summed E-state index contributed by atoms with van der Waals surface area (Å²) in [5, 5.41) is 14.4. The second kappa shape index (κ2) is 4.29. The minimum atomic E-state index is -0.169. The molecule has 0 aliphatic rings. The summed E-state index contributed by atoms with van der Waals surface area (Å²) < 4.78 is 3.89. The van der Waals surface area contributed by atoms with E-state index in [1.807, 2.05) is 11.4 Å². The zero-order valence-corrected chi connectivity index (χ0v) is 11.8. The van der Waals surface area contributed by atoms with E-state index in [4.69, 9.17) is 0 Å². The summed E-state index contributed by atoms with van der Waals surface area (Å²) in [6, 6.07) is 1.96. The third-order valence-electron chi connectivity index (χ3n) is 2.55. The topological polar surface area (TPSA) is 65.6 Å². The van der Waals surface area contributed by atoms with Gasteiger partial charge in [-0.3, -0.25) is 4.79 Å². The largest absolute Gasteiger partial charge is 0.281 e. The first-order valence-corrected chi connectivity index (χ1v) is 6.81. The van der Waals surface area contributed by atoms with Crippen LogP contribution in [0.3, 0.4) is 0 Å². The third kappa shape index (κ3) is 1.87. The van der Waals surface area contributed by atoms with E-state index in [1.54, 1.807) is 18.4 Å². The van der Waals surface area contributed by atoms with Crippen molar-refractivity contribution in [1.29, 1.82) is 0 Å². The van der Waals surface area contributed by atoms with E-state index in [9.17, 15) is 4.79 Å². The number of hydrogen-bond donors (Lipinski definition) is 0. The molecule has 18 heavy (non-hydrogen) atoms. The summed E-state index contributed by atoms with van der Waals surface area (Å²) in [6.07, 6.45) is 1.52. The lowest BCUT2D eigenvalue weighted by Gasteiger charge is -2.00. The number of aryl methyl sites for hydroxylation is 1. The van der Waals surface area contributed by atoms with Gasteiger partial charge in [0.2, 0.25) is 0 Å². The Bertz CT molecular complexity index is 774. The van der Waals surface area contributed by atoms with Crippen LogP contribution in [-0.4, -0.2) is 24.8 Å². The van der Waals surface area contributed by atoms with Crippen molar-refractivity contribution in [3.05, 3.63) is 37.3 Å². The van der Waals surface area contributed by atoms with Crippen molar-refractivity contribution < 1.29 is 0 Å². The molecule has 0 atom stereocenters. The highest BCUT2D eigenvalue weighted by molar-refractivity contribution is 9.10. The van der Waals surface area contributed by atoms with E-state index < -0.39 is 0 Å². The molecule has 0 saturated heterocycles. The average Bonchev–Trinajstić information content (AvgIpc) is 2.91. The quantitative estimate of drug-likeness (QED) is 0.714. The van der Waals surface area contributed by atoms with E-state index >= 15 is 0 Å². The number of thiophene rings is 1. The normalized spacial score (nSPS) is 11.2. The molecule has 0 bridgehead atoms. The van der Waals surface area contributed by atoms with Crippen LogP contribution < -0.4 is 5.56 Å². The van der Waals surface area contributed by atoms with Gasteiger partial charge in [-0.2, -0.15) is 5.10 Å². The summed E-state index contributed by atoms with van der Waals surface area (Å²) in [6.45, 7) is 0.424. The minimum Gasteiger partial charge on any atom is -0.267 e. The summed E-state index contributed by atoms with van der Waals surface area (Å²) in [5.74, 6) is 0. The predicted molar refractivity (Wildman–Crippen MR) is 71.7 cm³/mol. The first-order chi connectivity index (χ1) is 8.65. The van der Waals surface area contributed by atoms with E-state index in [1.165, 1.54) is 15.6 Å². The van der Waals surface area contributed by atoms with Crippen LogP contribution in [-0.2, 0) is 13.6 Å². The van der Waals surface area contributed by atoms with Crippen LogP contribution in [0.2, 0.25) is 0 Å². The van der Waals surface area contributed by atoms with Crippen LogP contribution in [0, 0.1) is 0 Å². The number of halogens is 1. The molecule has 92 valence electrons. The van der Waals surface area contributed by atoms with Gasteiger partial charge >= 0.3 is 0 Å². The van der Waals surface area contributed by atoms with Gasteiger partial charge < -0.3 is 0 Å². The summed E-state index contributed by atoms with van der Waals surface area (Å²) in [5.41, 5.74) is 0.334. The molecule has 6 nitrogen and oxygen atoms in total. The molecule has 0 aliphatic carbocycles. The second-order valence-electron chi connectivity index (χ2n) is 3.79. The highest BCUT2D eigenvalue weighted by atomic mass is 79.9. The first-order valence-electron chi connectivity index (χ1n) is 5.13. The van der Waals surface area contributed by atoms with Gasteiger partial charge in [0.15, 0.2) is 5.65 Å². The molecular weight excluding hydrogens is 318 g/mol. The summed E-state index contributed by atoms with van der Waals surface area (Å²) >= 11 is 4.95. The summed E-state index contributed by atoms with van der Waals surface area (Å²) in [4.78, 5) is 13.2. The maximum absolute atomic E-state index is 12.2. The van der Waals surface area contributed by atoms with E-state index in [0.717, 1.165) is 9.35 Å². The average molecular weight is 326 g/mol. The maximum Gasteiger partial charge on any atom is 0.281 e. The van der Waals surface area contributed by atoms with Crippen molar-refractivity contribution in [2.75, 3.05) is 0 Å². The lowest BCUT2D eigenvalue weighted by atomic mass is 10.4. The standard InChI is InChI=1S/C10H8BrN5OS/c1-15-9-8(3-12-15)10(17)16(14-13-9)4-7-2-6(11)5-18-7/h2-3,5H,4H2,1H3. The van der Waals surface area contributed by atoms with Crippen molar-refractivity contribution in [1.82, 2.24) is 24.8 Å². The molecule has 0 fully saturated rings. The molecule has 0 N–H and O–H groups in total. The first kappa shape index (κ1) is 11.5. The number of aromatic nitrogens is 5. The van der Waals surface area contributed by atoms with Gasteiger partial charge in [-0.1, -0.05) is 5.21 Å². The molecule has 0 aromatic carbocycles. The third-order valence-corrected chi connectivity index (χ3v) is 4.23. The smallest absolute Gasteiger partial charge is 0.267 e. The minimum absolute atomic E-state index is 0.169. The molecule has 8 heteroatoms. The van der Waals surface area contributed by atoms with Crippen molar-refractivity contribution in [2.45, 2.75) is 6.54 Å². The SMILES string of the molecule is Cn1ncc2c(=O)n(Cc3cc(Br)cs3)nnc21. The molecule has 0 unspecified atom stereocenters. The lowest BCUT2D eigenvalue weighted by molar-refractivity contribution is 0.600. The molecule has 0 saturated carbocycles. The van der Waals surface area contributed by atoms with Crippen LogP contribution in [0.4, 0.5) is 0 Å². The molecule has 0 radical (unpaired) electrons. The van der Waals surface area contributed by atoms with E-state index in [0.29, 0.717) is 17.6 Å². The lowest BCUT2D eigenvalue weighted by Crippen LogP contribution is -2.24. The van der Waals surface area contributed by atoms with Gasteiger partial charge in [-0.05, 0) is 22.0 Å². The Balaban J connectivity index is 2.07. The van der Waals surface area contributed by atoms with Crippen molar-refractivity contribution in [3.63, 3.8) is 0 Å². The van der Waals surface area contributed by atoms with Crippen LogP contribution >= 0.6 is 27.3 Å². The van der Waals surface area contributed by atoms with Gasteiger partial charge in [0.05, 0.1) is 12.7 Å². The molecular formula is C10H8BrN5OS. The van der Waals surface area contributed by atoms with E-state index in [-0.39, 0.29) is 5.56 Å². The zero-order valence-electron chi connectivity index (χ0n) is 9.37. The van der Waals surface area contributed by atoms with Crippen LogP contribution in [0.1, 0.15) is 4.88 Å². The van der Waals surface area contributed by atoms with Gasteiger partial charge in [-0.15, -0.1) is 16.4 Å². The summed E-state index contributed by atoms with van der Waals surface area (Å²) in [7, 11) is 1.73. The van der Waals surface area contributed by atoms with Crippen molar-refractivity contribution >= 4 is 38.3 Å². The number of hydrogen-bond acceptors (Lipinski definition) is 5. The fourth-order valence-corrected chi connectivity index (χ4v) is 3.10. The number of rotatable bonds is 2. The predicted octanol–water partition coefficient (Wildman–Crippen LogP) is 1.40. The van der Waals surface area contributed by atoms with Gasteiger partial charge in [0.1, 0.15) is 5.39 Å².